The van der Waals surface area contributed by atoms with E-state index in [2.05, 4.69) is 4.98 Å². The first kappa shape index (κ1) is 18.5. The molecule has 0 amide bonds. The Bertz CT molecular complexity index is 650. The summed E-state index contributed by atoms with van der Waals surface area (Å²) in [4.78, 5) is 3.95. The number of imidazole rings is 1. The van der Waals surface area contributed by atoms with Crippen LogP contribution in [0.25, 0.3) is 0 Å². The average Bonchev–Trinajstić information content (AvgIpc) is 2.87. The molecule has 1 atom stereocenters. The Balaban J connectivity index is 2.19. The lowest BCUT2D eigenvalue weighted by Gasteiger charge is -2.29. The highest BCUT2D eigenvalue weighted by molar-refractivity contribution is 6.30. The normalized spacial score (nSPS) is 14.0. The molecule has 23 heavy (non-hydrogen) atoms. The summed E-state index contributed by atoms with van der Waals surface area (Å²) in [7, 11) is 0. The number of alkyl halides is 1. The number of aliphatic hydroxyl groups is 1. The Hall–Kier alpha value is -0.810. The largest absolute Gasteiger partial charge is 0.388 e. The van der Waals surface area contributed by atoms with Gasteiger partial charge in [-0.3, -0.25) is 0 Å². The van der Waals surface area contributed by atoms with Gasteiger partial charge in [0.25, 0.3) is 0 Å². The van der Waals surface area contributed by atoms with Gasteiger partial charge in [-0.1, -0.05) is 29.3 Å². The molecule has 0 aliphatic rings. The van der Waals surface area contributed by atoms with E-state index >= 15 is 0 Å². The fourth-order valence-corrected chi connectivity index (χ4v) is 3.04. The number of rotatable bonds is 8. The minimum absolute atomic E-state index is 0.160. The average molecular weight is 380 g/mol. The zero-order valence-electron chi connectivity index (χ0n) is 12.5. The molecule has 0 fully saturated rings. The van der Waals surface area contributed by atoms with E-state index in [4.69, 9.17) is 34.8 Å². The van der Waals surface area contributed by atoms with Crippen molar-refractivity contribution in [2.45, 2.75) is 37.8 Å². The minimum Gasteiger partial charge on any atom is -0.388 e. The second-order valence-corrected chi connectivity index (χ2v) is 6.83. The predicted octanol–water partition coefficient (Wildman–Crippen LogP) is 4.71. The van der Waals surface area contributed by atoms with Crippen LogP contribution < -0.4 is 0 Å². The van der Waals surface area contributed by atoms with Gasteiger partial charge >= 0.3 is 0 Å². The molecule has 1 aromatic carbocycles. The Morgan fingerprint density at radius 3 is 2.65 bits per heavy atom. The quantitative estimate of drug-likeness (QED) is 0.533. The lowest BCUT2D eigenvalue weighted by Crippen LogP contribution is -2.37. The summed E-state index contributed by atoms with van der Waals surface area (Å²) >= 11 is 17.5. The Morgan fingerprint density at radius 1 is 1.26 bits per heavy atom. The molecule has 0 radical (unpaired) electrons. The molecule has 0 aliphatic heterocycles. The molecule has 1 N–H and O–H groups in total. The summed E-state index contributed by atoms with van der Waals surface area (Å²) in [5.41, 5.74) is -0.732. The second kappa shape index (κ2) is 8.34. The molecule has 3 nitrogen and oxygen atoms in total. The first-order chi connectivity index (χ1) is 10.9. The summed E-state index contributed by atoms with van der Waals surface area (Å²) in [5, 5.41) is 11.8. The van der Waals surface area contributed by atoms with Gasteiger partial charge in [0.2, 0.25) is 0 Å². The molecule has 7 heteroatoms. The van der Waals surface area contributed by atoms with E-state index in [9.17, 15) is 9.50 Å². The van der Waals surface area contributed by atoms with Crippen LogP contribution in [0.5, 0.6) is 0 Å². The first-order valence-corrected chi connectivity index (χ1v) is 8.60. The third-order valence-electron chi connectivity index (χ3n) is 3.69. The zero-order valence-corrected chi connectivity index (χ0v) is 14.8. The van der Waals surface area contributed by atoms with Crippen molar-refractivity contribution in [1.82, 2.24) is 9.55 Å². The first-order valence-electron chi connectivity index (χ1n) is 7.31. The van der Waals surface area contributed by atoms with E-state index < -0.39 is 11.4 Å². The third kappa shape index (κ3) is 5.35. The summed E-state index contributed by atoms with van der Waals surface area (Å²) in [6.45, 7) is 0.232. The van der Waals surface area contributed by atoms with Gasteiger partial charge in [-0.05, 0) is 37.0 Å². The van der Waals surface area contributed by atoms with Crippen molar-refractivity contribution in [1.29, 1.82) is 0 Å². The van der Waals surface area contributed by atoms with Crippen LogP contribution in [-0.2, 0) is 13.0 Å². The summed E-state index contributed by atoms with van der Waals surface area (Å²) < 4.78 is 15.7. The fraction of sp³-hybridized carbons (Fsp3) is 0.438. The zero-order chi connectivity index (χ0) is 16.9. The number of halogens is 4. The molecular weight excluding hydrogens is 362 g/mol. The van der Waals surface area contributed by atoms with E-state index in [1.54, 1.807) is 23.0 Å². The van der Waals surface area contributed by atoms with Crippen molar-refractivity contribution < 1.29 is 9.50 Å². The van der Waals surface area contributed by atoms with Crippen LogP contribution in [0.2, 0.25) is 10.2 Å². The molecule has 1 aromatic heterocycles. The van der Waals surface area contributed by atoms with E-state index in [1.807, 2.05) is 0 Å². The maximum atomic E-state index is 14.1. The molecular formula is C16H18Cl3FN2O. The van der Waals surface area contributed by atoms with Crippen molar-refractivity contribution in [2.24, 2.45) is 0 Å². The maximum absolute atomic E-state index is 14.1. The van der Waals surface area contributed by atoms with Gasteiger partial charge in [-0.25, -0.2) is 9.37 Å². The van der Waals surface area contributed by atoms with Gasteiger partial charge in [0.1, 0.15) is 11.0 Å². The van der Waals surface area contributed by atoms with E-state index in [1.165, 1.54) is 12.3 Å². The molecule has 0 saturated heterocycles. The molecule has 126 valence electrons. The SMILES string of the molecule is OC(CCCCCl)(Cc1ccc(Cl)cc1F)Cn1cncc1Cl. The smallest absolute Gasteiger partial charge is 0.128 e. The predicted molar refractivity (Wildman–Crippen MR) is 91.9 cm³/mol. The highest BCUT2D eigenvalue weighted by atomic mass is 35.5. The number of hydrogen-bond acceptors (Lipinski definition) is 2. The fourth-order valence-electron chi connectivity index (χ4n) is 2.53. The van der Waals surface area contributed by atoms with E-state index in [-0.39, 0.29) is 13.0 Å². The molecule has 0 aliphatic carbocycles. The highest BCUT2D eigenvalue weighted by Gasteiger charge is 2.29. The van der Waals surface area contributed by atoms with Gasteiger partial charge in [-0.2, -0.15) is 0 Å². The topological polar surface area (TPSA) is 38.0 Å². The summed E-state index contributed by atoms with van der Waals surface area (Å²) in [5.74, 6) is 0.0991. The van der Waals surface area contributed by atoms with Gasteiger partial charge in [-0.15, -0.1) is 11.6 Å². The van der Waals surface area contributed by atoms with Crippen molar-refractivity contribution >= 4 is 34.8 Å². The van der Waals surface area contributed by atoms with Gasteiger partial charge in [0, 0.05) is 17.3 Å². The Labute approximate surface area is 150 Å². The Kier molecular flexibility index (Phi) is 6.72. The van der Waals surface area contributed by atoms with Crippen LogP contribution in [0.3, 0.4) is 0 Å². The van der Waals surface area contributed by atoms with Crippen molar-refractivity contribution in [3.05, 3.63) is 52.3 Å². The minimum atomic E-state index is -1.15. The monoisotopic (exact) mass is 378 g/mol. The van der Waals surface area contributed by atoms with Crippen LogP contribution in [0, 0.1) is 5.82 Å². The van der Waals surface area contributed by atoms with Crippen LogP contribution in [0.4, 0.5) is 4.39 Å². The maximum Gasteiger partial charge on any atom is 0.128 e. The van der Waals surface area contributed by atoms with Crippen molar-refractivity contribution in [3.63, 3.8) is 0 Å². The van der Waals surface area contributed by atoms with Crippen LogP contribution in [-0.4, -0.2) is 26.1 Å². The van der Waals surface area contributed by atoms with Crippen LogP contribution in [0.1, 0.15) is 24.8 Å². The van der Waals surface area contributed by atoms with E-state index in [0.29, 0.717) is 28.0 Å². The summed E-state index contributed by atoms with van der Waals surface area (Å²) in [6.07, 6.45) is 5.21. The van der Waals surface area contributed by atoms with Gasteiger partial charge < -0.3 is 9.67 Å². The number of benzene rings is 1. The standard InChI is InChI=1S/C16H18Cl3FN2O/c17-6-2-1-5-16(23,10-22-11-21-9-15(22)19)8-12-3-4-13(18)7-14(12)20/h3-4,7,9,11,23H,1-2,5-6,8,10H2. The number of hydrogen-bond donors (Lipinski definition) is 1. The summed E-state index contributed by atoms with van der Waals surface area (Å²) in [6, 6.07) is 4.46. The lowest BCUT2D eigenvalue weighted by atomic mass is 9.89. The molecule has 2 rings (SSSR count). The van der Waals surface area contributed by atoms with E-state index in [0.717, 1.165) is 12.8 Å². The third-order valence-corrected chi connectivity index (χ3v) is 4.50. The Morgan fingerprint density at radius 2 is 2.04 bits per heavy atom. The van der Waals surface area contributed by atoms with Gasteiger partial charge in [0.15, 0.2) is 0 Å². The highest BCUT2D eigenvalue weighted by Crippen LogP contribution is 2.26. The van der Waals surface area contributed by atoms with Crippen molar-refractivity contribution in [3.8, 4) is 0 Å². The number of aromatic nitrogens is 2. The molecule has 1 heterocycles. The van der Waals surface area contributed by atoms with Gasteiger partial charge in [0.05, 0.1) is 24.7 Å². The molecule has 0 spiro atoms. The molecule has 2 aromatic rings. The lowest BCUT2D eigenvalue weighted by molar-refractivity contribution is 0.0118. The van der Waals surface area contributed by atoms with Crippen LogP contribution in [0.15, 0.2) is 30.7 Å². The van der Waals surface area contributed by atoms with Crippen molar-refractivity contribution in [2.75, 3.05) is 5.88 Å². The molecule has 0 bridgehead atoms. The number of nitrogens with zero attached hydrogens (tertiary/aromatic N) is 2. The molecule has 0 saturated carbocycles. The van der Waals surface area contributed by atoms with Crippen LogP contribution >= 0.6 is 34.8 Å². The molecule has 1 unspecified atom stereocenters. The number of unbranched alkanes of at least 4 members (excludes halogenated alkanes) is 1. The second-order valence-electron chi connectivity index (χ2n) is 5.63.